The molecule has 0 bridgehead atoms. The van der Waals surface area contributed by atoms with Gasteiger partial charge in [0.15, 0.2) is 5.65 Å². The number of rotatable bonds is 9. The van der Waals surface area contributed by atoms with Gasteiger partial charge in [-0.25, -0.2) is 14.1 Å². The number of pyridine rings is 1. The van der Waals surface area contributed by atoms with Crippen LogP contribution in [0.5, 0.6) is 5.75 Å². The summed E-state index contributed by atoms with van der Waals surface area (Å²) in [7, 11) is 0.419. The molecule has 7 nitrogen and oxygen atoms in total. The Balaban J connectivity index is 1.70. The second-order valence-electron chi connectivity index (χ2n) is 9.76. The standard InChI is InChI=1S/C24H31FN4O3Si/c1-15-7-6-8-19(31-2)21(15)22-16-9-10-20(27-24(30)17-13-18(17)25)26-23(16)29(28-22)14-32-11-12-33(3,4)5/h6-10,17-18H,11-14H2,1-5H3,(H,26,27,30)/t17-,18+/m1/s1. The number of carbonyl (C=O) groups is 1. The summed E-state index contributed by atoms with van der Waals surface area (Å²) in [6.45, 7) is 9.82. The van der Waals surface area contributed by atoms with Crippen LogP contribution in [0.1, 0.15) is 12.0 Å². The van der Waals surface area contributed by atoms with Gasteiger partial charge >= 0.3 is 0 Å². The Morgan fingerprint density at radius 3 is 2.70 bits per heavy atom. The molecule has 1 fully saturated rings. The number of fused-ring (bicyclic) bond motifs is 1. The first kappa shape index (κ1) is 23.4. The summed E-state index contributed by atoms with van der Waals surface area (Å²) in [4.78, 5) is 16.9. The number of amides is 1. The second kappa shape index (κ2) is 9.22. The van der Waals surface area contributed by atoms with E-state index in [9.17, 15) is 9.18 Å². The lowest BCUT2D eigenvalue weighted by Gasteiger charge is -2.15. The van der Waals surface area contributed by atoms with Crippen LogP contribution in [0.4, 0.5) is 10.2 Å². The summed E-state index contributed by atoms with van der Waals surface area (Å²) < 4.78 is 26.6. The maximum absolute atomic E-state index is 13.3. The summed E-state index contributed by atoms with van der Waals surface area (Å²) in [6.07, 6.45) is -0.784. The van der Waals surface area contributed by atoms with Gasteiger partial charge < -0.3 is 14.8 Å². The highest BCUT2D eigenvalue weighted by Gasteiger charge is 2.43. The SMILES string of the molecule is COc1cccc(C)c1-c1nn(COCC[Si](C)(C)C)c2nc(NC(=O)[C@@H]3C[C@@H]3F)ccc12. The molecule has 4 rings (SSSR count). The molecule has 1 amide bonds. The lowest BCUT2D eigenvalue weighted by molar-refractivity contribution is -0.117. The van der Waals surface area contributed by atoms with Crippen molar-refractivity contribution in [2.45, 2.75) is 51.9 Å². The van der Waals surface area contributed by atoms with Gasteiger partial charge in [0.25, 0.3) is 0 Å². The molecule has 9 heteroatoms. The molecular formula is C24H31FN4O3Si. The van der Waals surface area contributed by atoms with Crippen molar-refractivity contribution < 1.29 is 18.7 Å². The van der Waals surface area contributed by atoms with E-state index in [0.29, 0.717) is 18.1 Å². The van der Waals surface area contributed by atoms with E-state index in [-0.39, 0.29) is 19.1 Å². The zero-order valence-corrected chi connectivity index (χ0v) is 20.8. The number of methoxy groups -OCH3 is 1. The van der Waals surface area contributed by atoms with Crippen molar-refractivity contribution in [1.82, 2.24) is 14.8 Å². The highest BCUT2D eigenvalue weighted by molar-refractivity contribution is 6.76. The molecule has 2 heterocycles. The van der Waals surface area contributed by atoms with Crippen LogP contribution in [0.15, 0.2) is 30.3 Å². The molecule has 1 saturated carbocycles. The largest absolute Gasteiger partial charge is 0.496 e. The van der Waals surface area contributed by atoms with Gasteiger partial charge in [-0.2, -0.15) is 5.10 Å². The number of aromatic nitrogens is 3. The van der Waals surface area contributed by atoms with Crippen molar-refractivity contribution in [3.63, 3.8) is 0 Å². The predicted molar refractivity (Wildman–Crippen MR) is 130 cm³/mol. The van der Waals surface area contributed by atoms with E-state index in [0.717, 1.165) is 34.0 Å². The minimum absolute atomic E-state index is 0.245. The fourth-order valence-corrected chi connectivity index (χ4v) is 4.45. The van der Waals surface area contributed by atoms with Gasteiger partial charge in [-0.1, -0.05) is 31.8 Å². The summed E-state index contributed by atoms with van der Waals surface area (Å²) >= 11 is 0. The van der Waals surface area contributed by atoms with E-state index in [1.54, 1.807) is 17.9 Å². The first-order valence-corrected chi connectivity index (χ1v) is 14.9. The lowest BCUT2D eigenvalue weighted by atomic mass is 10.0. The number of hydrogen-bond acceptors (Lipinski definition) is 5. The van der Waals surface area contributed by atoms with E-state index in [1.807, 2.05) is 31.2 Å². The third-order valence-corrected chi connectivity index (χ3v) is 7.50. The number of benzene rings is 1. The zero-order chi connectivity index (χ0) is 23.8. The van der Waals surface area contributed by atoms with Crippen molar-refractivity contribution in [1.29, 1.82) is 0 Å². The molecule has 1 aliphatic rings. The first-order chi connectivity index (χ1) is 15.7. The first-order valence-electron chi connectivity index (χ1n) is 11.2. The maximum atomic E-state index is 13.3. The number of anilines is 1. The molecule has 0 unspecified atom stereocenters. The molecule has 2 atom stereocenters. The van der Waals surface area contributed by atoms with Crippen LogP contribution in [0.3, 0.4) is 0 Å². The van der Waals surface area contributed by atoms with E-state index in [1.165, 1.54) is 0 Å². The smallest absolute Gasteiger partial charge is 0.231 e. The quantitative estimate of drug-likeness (QED) is 0.351. The Hall–Kier alpha value is -2.78. The molecule has 1 N–H and O–H groups in total. The number of hydrogen-bond donors (Lipinski definition) is 1. The van der Waals surface area contributed by atoms with Crippen molar-refractivity contribution in [3.8, 4) is 17.0 Å². The number of ether oxygens (including phenoxy) is 2. The Labute approximate surface area is 194 Å². The summed E-state index contributed by atoms with van der Waals surface area (Å²) in [5, 5.41) is 8.39. The van der Waals surface area contributed by atoms with Gasteiger partial charge in [-0.3, -0.25) is 4.79 Å². The van der Waals surface area contributed by atoms with Crippen LogP contribution in [-0.4, -0.2) is 48.6 Å². The van der Waals surface area contributed by atoms with E-state index in [4.69, 9.17) is 14.6 Å². The molecule has 0 radical (unpaired) electrons. The van der Waals surface area contributed by atoms with Gasteiger partial charge in [0.2, 0.25) is 5.91 Å². The predicted octanol–water partition coefficient (Wildman–Crippen LogP) is 5.02. The highest BCUT2D eigenvalue weighted by Crippen LogP contribution is 2.37. The van der Waals surface area contributed by atoms with Gasteiger partial charge in [0.05, 0.1) is 13.0 Å². The van der Waals surface area contributed by atoms with Gasteiger partial charge in [-0.05, 0) is 43.2 Å². The third kappa shape index (κ3) is 5.25. The van der Waals surface area contributed by atoms with Gasteiger partial charge in [0.1, 0.15) is 30.2 Å². The molecule has 2 aromatic heterocycles. The fourth-order valence-electron chi connectivity index (χ4n) is 3.69. The molecule has 176 valence electrons. The van der Waals surface area contributed by atoms with Crippen LogP contribution in [0.25, 0.3) is 22.3 Å². The molecule has 0 spiro atoms. The van der Waals surface area contributed by atoms with Gasteiger partial charge in [-0.15, -0.1) is 0 Å². The van der Waals surface area contributed by atoms with Crippen LogP contribution in [-0.2, 0) is 16.3 Å². The highest BCUT2D eigenvalue weighted by atomic mass is 28.3. The van der Waals surface area contributed by atoms with Crippen molar-refractivity contribution in [2.75, 3.05) is 19.0 Å². The van der Waals surface area contributed by atoms with E-state index >= 15 is 0 Å². The lowest BCUT2D eigenvalue weighted by Crippen LogP contribution is -2.22. The molecule has 0 aliphatic heterocycles. The number of alkyl halides is 1. The number of nitrogens with one attached hydrogen (secondary N) is 1. The summed E-state index contributed by atoms with van der Waals surface area (Å²) in [5.74, 6) is 0.177. The Bertz CT molecular complexity index is 1170. The van der Waals surface area contributed by atoms with E-state index in [2.05, 4.69) is 29.9 Å². The summed E-state index contributed by atoms with van der Waals surface area (Å²) in [5.41, 5.74) is 3.25. The number of nitrogens with zero attached hydrogens (tertiary/aromatic N) is 3. The van der Waals surface area contributed by atoms with Crippen LogP contribution in [0, 0.1) is 12.8 Å². The average molecular weight is 471 g/mol. The monoisotopic (exact) mass is 470 g/mol. The molecule has 3 aromatic rings. The van der Waals surface area contributed by atoms with Crippen LogP contribution >= 0.6 is 0 Å². The Kier molecular flexibility index (Phi) is 6.53. The zero-order valence-electron chi connectivity index (χ0n) is 19.8. The molecule has 1 aliphatic carbocycles. The van der Waals surface area contributed by atoms with Crippen LogP contribution < -0.4 is 10.1 Å². The number of aryl methyl sites for hydroxylation is 1. The third-order valence-electron chi connectivity index (χ3n) is 5.80. The minimum atomic E-state index is -1.22. The fraction of sp³-hybridized carbons (Fsp3) is 0.458. The van der Waals surface area contributed by atoms with Crippen LogP contribution in [0.2, 0.25) is 25.7 Å². The summed E-state index contributed by atoms with van der Waals surface area (Å²) in [6, 6.07) is 10.5. The maximum Gasteiger partial charge on any atom is 0.231 e. The average Bonchev–Trinajstić information content (AvgIpc) is 3.39. The topological polar surface area (TPSA) is 78.3 Å². The number of halogens is 1. The molecule has 1 aromatic carbocycles. The Morgan fingerprint density at radius 2 is 2.03 bits per heavy atom. The molecule has 33 heavy (non-hydrogen) atoms. The van der Waals surface area contributed by atoms with Gasteiger partial charge in [0, 0.05) is 25.6 Å². The number of carbonyl (C=O) groups excluding carboxylic acids is 1. The minimum Gasteiger partial charge on any atom is -0.496 e. The van der Waals surface area contributed by atoms with Crippen molar-refractivity contribution in [2.24, 2.45) is 5.92 Å². The second-order valence-corrected chi connectivity index (χ2v) is 15.4. The Morgan fingerprint density at radius 1 is 1.27 bits per heavy atom. The molecule has 0 saturated heterocycles. The normalized spacial score (nSPS) is 17.9. The van der Waals surface area contributed by atoms with E-state index < -0.39 is 20.2 Å². The molecular weight excluding hydrogens is 439 g/mol. The van der Waals surface area contributed by atoms with Crippen molar-refractivity contribution >= 4 is 30.8 Å². The van der Waals surface area contributed by atoms with Crippen molar-refractivity contribution in [3.05, 3.63) is 35.9 Å².